The number of carboxylic acid groups (broad SMARTS) is 1. The van der Waals surface area contributed by atoms with E-state index < -0.39 is 11.9 Å². The number of anilines is 1. The molecule has 1 unspecified atom stereocenters. The molecule has 0 aliphatic rings. The number of aryl methyl sites for hydroxylation is 1. The van der Waals surface area contributed by atoms with Gasteiger partial charge in [-0.2, -0.15) is 5.26 Å². The molecule has 0 radical (unpaired) electrons. The third kappa shape index (κ3) is 4.58. The van der Waals surface area contributed by atoms with Crippen molar-refractivity contribution in [3.05, 3.63) is 65.2 Å². The summed E-state index contributed by atoms with van der Waals surface area (Å²) in [5, 5.41) is 18.2. The maximum atomic E-state index is 11.2. The smallest absolute Gasteiger partial charge is 0.308 e. The highest BCUT2D eigenvalue weighted by molar-refractivity contribution is 5.70. The fourth-order valence-electron chi connectivity index (χ4n) is 2.39. The quantitative estimate of drug-likeness (QED) is 0.885. The van der Waals surface area contributed by atoms with Crippen LogP contribution in [-0.2, 0) is 11.3 Å². The van der Waals surface area contributed by atoms with Crippen LogP contribution in [0.4, 0.5) is 5.69 Å². The van der Waals surface area contributed by atoms with Crippen LogP contribution in [0.3, 0.4) is 0 Å². The van der Waals surface area contributed by atoms with E-state index in [9.17, 15) is 9.90 Å². The fourth-order valence-corrected chi connectivity index (χ4v) is 2.39. The molecule has 4 nitrogen and oxygen atoms in total. The first kappa shape index (κ1) is 16.6. The van der Waals surface area contributed by atoms with Gasteiger partial charge >= 0.3 is 5.97 Å². The monoisotopic (exact) mass is 308 g/mol. The second-order valence-corrected chi connectivity index (χ2v) is 5.77. The lowest BCUT2D eigenvalue weighted by atomic mass is 10.1. The Hall–Kier alpha value is -2.80. The van der Waals surface area contributed by atoms with Gasteiger partial charge in [-0.25, -0.2) is 0 Å². The van der Waals surface area contributed by atoms with Gasteiger partial charge < -0.3 is 10.0 Å². The summed E-state index contributed by atoms with van der Waals surface area (Å²) in [7, 11) is 0. The maximum Gasteiger partial charge on any atom is 0.308 e. The normalized spacial score (nSPS) is 11.5. The zero-order chi connectivity index (χ0) is 16.8. The lowest BCUT2D eigenvalue weighted by Crippen LogP contribution is -2.31. The first-order valence-electron chi connectivity index (χ1n) is 7.53. The molecule has 4 heteroatoms. The number of nitriles is 1. The van der Waals surface area contributed by atoms with Crippen LogP contribution in [0.1, 0.15) is 23.6 Å². The highest BCUT2D eigenvalue weighted by Crippen LogP contribution is 2.20. The molecule has 1 N–H and O–H groups in total. The summed E-state index contributed by atoms with van der Waals surface area (Å²) in [5.41, 5.74) is 3.73. The van der Waals surface area contributed by atoms with Crippen LogP contribution in [0.15, 0.2) is 48.5 Å². The Morgan fingerprint density at radius 3 is 2.57 bits per heavy atom. The summed E-state index contributed by atoms with van der Waals surface area (Å²) < 4.78 is 0. The van der Waals surface area contributed by atoms with E-state index in [4.69, 9.17) is 5.26 Å². The lowest BCUT2D eigenvalue weighted by molar-refractivity contribution is -0.140. The lowest BCUT2D eigenvalue weighted by Gasteiger charge is -2.27. The fraction of sp³-hybridized carbons (Fsp3) is 0.263. The van der Waals surface area contributed by atoms with Gasteiger partial charge in [-0.05, 0) is 36.8 Å². The van der Waals surface area contributed by atoms with Crippen LogP contribution in [0.25, 0.3) is 0 Å². The Kier molecular flexibility index (Phi) is 5.37. The molecule has 0 aromatic heterocycles. The molecule has 0 saturated heterocycles. The van der Waals surface area contributed by atoms with Gasteiger partial charge in [-0.15, -0.1) is 0 Å². The number of hydrogen-bond donors (Lipinski definition) is 1. The Morgan fingerprint density at radius 2 is 1.96 bits per heavy atom. The third-order valence-corrected chi connectivity index (χ3v) is 3.74. The predicted molar refractivity (Wildman–Crippen MR) is 90.2 cm³/mol. The topological polar surface area (TPSA) is 64.3 Å². The number of rotatable bonds is 6. The standard InChI is InChI=1S/C19H20N2O2/c1-14-6-8-18(9-7-14)21(12-15(2)19(22)23)13-17-5-3-4-16(10-17)11-20/h3-10,15H,12-13H2,1-2H3,(H,22,23). The van der Waals surface area contributed by atoms with Crippen LogP contribution in [-0.4, -0.2) is 17.6 Å². The van der Waals surface area contributed by atoms with Crippen molar-refractivity contribution in [2.45, 2.75) is 20.4 Å². The summed E-state index contributed by atoms with van der Waals surface area (Å²) in [6.45, 7) is 4.70. The van der Waals surface area contributed by atoms with E-state index in [2.05, 4.69) is 6.07 Å². The van der Waals surface area contributed by atoms with Crippen molar-refractivity contribution >= 4 is 11.7 Å². The first-order valence-corrected chi connectivity index (χ1v) is 7.53. The molecule has 0 fully saturated rings. The zero-order valence-electron chi connectivity index (χ0n) is 13.4. The molecule has 2 aromatic carbocycles. The van der Waals surface area contributed by atoms with E-state index in [0.717, 1.165) is 16.8 Å². The highest BCUT2D eigenvalue weighted by atomic mass is 16.4. The van der Waals surface area contributed by atoms with Crippen molar-refractivity contribution in [1.82, 2.24) is 0 Å². The van der Waals surface area contributed by atoms with Crippen LogP contribution in [0, 0.1) is 24.2 Å². The van der Waals surface area contributed by atoms with Crippen LogP contribution in [0.2, 0.25) is 0 Å². The molecule has 0 amide bonds. The minimum absolute atomic E-state index is 0.412. The summed E-state index contributed by atoms with van der Waals surface area (Å²) in [5.74, 6) is -1.29. The van der Waals surface area contributed by atoms with Gasteiger partial charge in [0, 0.05) is 18.8 Å². The Bertz CT molecular complexity index is 717. The largest absolute Gasteiger partial charge is 0.481 e. The van der Waals surface area contributed by atoms with E-state index in [1.807, 2.05) is 54.3 Å². The van der Waals surface area contributed by atoms with E-state index in [1.165, 1.54) is 0 Å². The zero-order valence-corrected chi connectivity index (χ0v) is 13.4. The molecule has 0 bridgehead atoms. The van der Waals surface area contributed by atoms with Crippen molar-refractivity contribution in [2.24, 2.45) is 5.92 Å². The Balaban J connectivity index is 2.27. The second kappa shape index (κ2) is 7.46. The van der Waals surface area contributed by atoms with Crippen molar-refractivity contribution in [3.63, 3.8) is 0 Å². The molecular formula is C19H20N2O2. The van der Waals surface area contributed by atoms with Gasteiger partial charge in [0.05, 0.1) is 17.6 Å². The van der Waals surface area contributed by atoms with Gasteiger partial charge in [0.25, 0.3) is 0 Å². The molecular weight excluding hydrogens is 288 g/mol. The van der Waals surface area contributed by atoms with Gasteiger partial charge in [0.1, 0.15) is 0 Å². The third-order valence-electron chi connectivity index (χ3n) is 3.74. The number of carbonyl (C=O) groups is 1. The van der Waals surface area contributed by atoms with Crippen molar-refractivity contribution in [1.29, 1.82) is 5.26 Å². The van der Waals surface area contributed by atoms with Crippen molar-refractivity contribution in [2.75, 3.05) is 11.4 Å². The van der Waals surface area contributed by atoms with Crippen molar-refractivity contribution < 1.29 is 9.90 Å². The van der Waals surface area contributed by atoms with E-state index >= 15 is 0 Å². The number of hydrogen-bond acceptors (Lipinski definition) is 3. The molecule has 0 saturated carbocycles. The molecule has 0 aliphatic heterocycles. The van der Waals surface area contributed by atoms with Crippen molar-refractivity contribution in [3.8, 4) is 6.07 Å². The molecule has 0 aliphatic carbocycles. The molecule has 0 heterocycles. The molecule has 0 spiro atoms. The number of nitrogens with zero attached hydrogens (tertiary/aromatic N) is 2. The van der Waals surface area contributed by atoms with E-state index in [0.29, 0.717) is 18.7 Å². The van der Waals surface area contributed by atoms with Gasteiger partial charge in [0.2, 0.25) is 0 Å². The minimum atomic E-state index is -0.812. The van der Waals surface area contributed by atoms with Gasteiger partial charge in [-0.3, -0.25) is 4.79 Å². The SMILES string of the molecule is Cc1ccc(N(Cc2cccc(C#N)c2)CC(C)C(=O)O)cc1. The number of carboxylic acids is 1. The highest BCUT2D eigenvalue weighted by Gasteiger charge is 2.17. The molecule has 118 valence electrons. The summed E-state index contributed by atoms with van der Waals surface area (Å²) in [6, 6.07) is 17.6. The van der Waals surface area contributed by atoms with E-state index in [1.54, 1.807) is 13.0 Å². The molecule has 2 rings (SSSR count). The van der Waals surface area contributed by atoms with E-state index in [-0.39, 0.29) is 0 Å². The molecule has 1 atom stereocenters. The Morgan fingerprint density at radius 1 is 1.26 bits per heavy atom. The predicted octanol–water partition coefficient (Wildman–Crippen LogP) is 3.59. The van der Waals surface area contributed by atoms with Gasteiger partial charge in [-0.1, -0.05) is 36.8 Å². The molecule has 2 aromatic rings. The first-order chi connectivity index (χ1) is 11.0. The van der Waals surface area contributed by atoms with Crippen LogP contribution < -0.4 is 4.90 Å². The average Bonchev–Trinajstić information content (AvgIpc) is 2.55. The van der Waals surface area contributed by atoms with Gasteiger partial charge in [0.15, 0.2) is 0 Å². The number of benzene rings is 2. The summed E-state index contributed by atoms with van der Waals surface area (Å²) in [6.07, 6.45) is 0. The minimum Gasteiger partial charge on any atom is -0.481 e. The summed E-state index contributed by atoms with van der Waals surface area (Å²) >= 11 is 0. The Labute approximate surface area is 136 Å². The second-order valence-electron chi connectivity index (χ2n) is 5.77. The van der Waals surface area contributed by atoms with Crippen LogP contribution >= 0.6 is 0 Å². The maximum absolute atomic E-state index is 11.2. The molecule has 23 heavy (non-hydrogen) atoms. The van der Waals surface area contributed by atoms with Crippen LogP contribution in [0.5, 0.6) is 0 Å². The average molecular weight is 308 g/mol. The summed E-state index contributed by atoms with van der Waals surface area (Å²) in [4.78, 5) is 13.2. The number of aliphatic carboxylic acids is 1.